The normalized spacial score (nSPS) is 31.4. The summed E-state index contributed by atoms with van der Waals surface area (Å²) >= 11 is 0. The van der Waals surface area contributed by atoms with Gasteiger partial charge in [-0.15, -0.1) is 6.58 Å². The molecule has 0 fully saturated rings. The predicted molar refractivity (Wildman–Crippen MR) is 56.9 cm³/mol. The van der Waals surface area contributed by atoms with E-state index >= 15 is 0 Å². The van der Waals surface area contributed by atoms with Crippen LogP contribution in [0.15, 0.2) is 24.8 Å². The van der Waals surface area contributed by atoms with Crippen LogP contribution in [0.3, 0.4) is 0 Å². The Kier molecular flexibility index (Phi) is 3.61. The Morgan fingerprint density at radius 3 is 2.83 bits per heavy atom. The number of rotatable bonds is 3. The molecule has 0 aromatic heterocycles. The zero-order chi connectivity index (χ0) is 8.97. The molecule has 3 atom stereocenters. The fourth-order valence-corrected chi connectivity index (χ4v) is 1.95. The summed E-state index contributed by atoms with van der Waals surface area (Å²) in [5.74, 6) is 1.34. The van der Waals surface area contributed by atoms with Gasteiger partial charge in [-0.05, 0) is 25.2 Å². The second-order valence-corrected chi connectivity index (χ2v) is 3.77. The Bertz CT molecular complexity index is 177. The minimum absolute atomic E-state index is 0.366. The summed E-state index contributed by atoms with van der Waals surface area (Å²) < 4.78 is 0. The summed E-state index contributed by atoms with van der Waals surface area (Å²) in [5.41, 5.74) is 6.02. The molecule has 0 aliphatic heterocycles. The van der Waals surface area contributed by atoms with Gasteiger partial charge in [0, 0.05) is 6.04 Å². The lowest BCUT2D eigenvalue weighted by atomic mass is 9.68. The maximum absolute atomic E-state index is 6.02. The fraction of sp³-hybridized carbons (Fsp3) is 0.600. The first-order chi connectivity index (χ1) is 5.75. The summed E-state index contributed by atoms with van der Waals surface area (Å²) in [4.78, 5) is 0. The molecule has 12 heavy (non-hydrogen) atoms. The number of allylic oxidation sites excluding steroid dienone is 2. The summed E-state index contributed by atoms with van der Waals surface area (Å²) in [6.45, 7) is 3.76. The average molecular weight is 163 g/mol. The summed E-state index contributed by atoms with van der Waals surface area (Å²) in [6.07, 6.45) is 9.74. The van der Waals surface area contributed by atoms with E-state index in [-0.39, 0.29) is 0 Å². The molecule has 0 heterocycles. The van der Waals surface area contributed by atoms with Gasteiger partial charge in [-0.2, -0.15) is 0 Å². The third kappa shape index (κ3) is 2.24. The molecule has 2 heteroatoms. The highest BCUT2D eigenvalue weighted by atomic mass is 14.7. The highest BCUT2D eigenvalue weighted by Crippen LogP contribution is 2.29. The topological polar surface area (TPSA) is 26.0 Å². The van der Waals surface area contributed by atoms with Crippen LogP contribution in [-0.2, 0) is 0 Å². The van der Waals surface area contributed by atoms with Crippen molar-refractivity contribution in [2.45, 2.75) is 31.1 Å². The monoisotopic (exact) mass is 163 g/mol. The van der Waals surface area contributed by atoms with Crippen LogP contribution < -0.4 is 5.73 Å². The molecule has 0 bridgehead atoms. The van der Waals surface area contributed by atoms with Gasteiger partial charge in [0.1, 0.15) is 7.85 Å². The summed E-state index contributed by atoms with van der Waals surface area (Å²) in [7, 11) is 2.27. The van der Waals surface area contributed by atoms with E-state index in [2.05, 4.69) is 26.6 Å². The molecule has 0 radical (unpaired) electrons. The minimum atomic E-state index is 0.366. The van der Waals surface area contributed by atoms with Crippen molar-refractivity contribution in [1.82, 2.24) is 0 Å². The van der Waals surface area contributed by atoms with Crippen LogP contribution in [0, 0.1) is 5.92 Å². The lowest BCUT2D eigenvalue weighted by molar-refractivity contribution is 0.388. The molecule has 1 aliphatic carbocycles. The standard InChI is InChI=1S/C10H18BN/c1-2-5-9(11)8-6-3-4-7-10(8)12/h2-4,8-10H,1,5-7,11-12H2. The Balaban J connectivity index is 2.48. The Morgan fingerprint density at radius 2 is 2.25 bits per heavy atom. The maximum atomic E-state index is 6.02. The van der Waals surface area contributed by atoms with E-state index in [9.17, 15) is 0 Å². The second kappa shape index (κ2) is 4.51. The van der Waals surface area contributed by atoms with Crippen molar-refractivity contribution in [2.75, 3.05) is 0 Å². The van der Waals surface area contributed by atoms with Gasteiger partial charge < -0.3 is 5.73 Å². The van der Waals surface area contributed by atoms with E-state index in [1.54, 1.807) is 0 Å². The lowest BCUT2D eigenvalue weighted by Gasteiger charge is -2.30. The minimum Gasteiger partial charge on any atom is -0.327 e. The molecule has 0 spiro atoms. The van der Waals surface area contributed by atoms with Crippen molar-refractivity contribution in [3.63, 3.8) is 0 Å². The molecule has 2 N–H and O–H groups in total. The van der Waals surface area contributed by atoms with Crippen LogP contribution in [0.1, 0.15) is 19.3 Å². The van der Waals surface area contributed by atoms with E-state index < -0.39 is 0 Å². The number of hydrogen-bond donors (Lipinski definition) is 1. The Labute approximate surface area is 76.1 Å². The van der Waals surface area contributed by atoms with Crippen molar-refractivity contribution >= 4 is 7.85 Å². The van der Waals surface area contributed by atoms with E-state index in [4.69, 9.17) is 5.73 Å². The lowest BCUT2D eigenvalue weighted by Crippen LogP contribution is -2.34. The van der Waals surface area contributed by atoms with Gasteiger partial charge in [-0.1, -0.05) is 24.0 Å². The zero-order valence-electron chi connectivity index (χ0n) is 7.87. The molecule has 3 unspecified atom stereocenters. The van der Waals surface area contributed by atoms with Crippen LogP contribution in [0.2, 0.25) is 5.82 Å². The highest BCUT2D eigenvalue weighted by molar-refractivity contribution is 6.12. The molecule has 0 amide bonds. The van der Waals surface area contributed by atoms with E-state index in [1.807, 2.05) is 6.08 Å². The molecule has 1 rings (SSSR count). The maximum Gasteiger partial charge on any atom is 0.106 e. The van der Waals surface area contributed by atoms with E-state index in [1.165, 1.54) is 0 Å². The van der Waals surface area contributed by atoms with Crippen LogP contribution in [-0.4, -0.2) is 13.9 Å². The largest absolute Gasteiger partial charge is 0.327 e. The quantitative estimate of drug-likeness (QED) is 0.492. The van der Waals surface area contributed by atoms with Crippen LogP contribution >= 0.6 is 0 Å². The van der Waals surface area contributed by atoms with Gasteiger partial charge in [-0.3, -0.25) is 0 Å². The molecule has 0 aromatic rings. The molecular formula is C10H18BN. The summed E-state index contributed by atoms with van der Waals surface area (Å²) in [5, 5.41) is 0. The molecular weight excluding hydrogens is 145 g/mol. The average Bonchev–Trinajstić information content (AvgIpc) is 2.05. The van der Waals surface area contributed by atoms with Crippen LogP contribution in [0.25, 0.3) is 0 Å². The van der Waals surface area contributed by atoms with Gasteiger partial charge in [0.05, 0.1) is 0 Å². The van der Waals surface area contributed by atoms with Crippen molar-refractivity contribution in [1.29, 1.82) is 0 Å². The smallest absolute Gasteiger partial charge is 0.106 e. The van der Waals surface area contributed by atoms with Crippen molar-refractivity contribution in [3.05, 3.63) is 24.8 Å². The van der Waals surface area contributed by atoms with Gasteiger partial charge in [0.2, 0.25) is 0 Å². The van der Waals surface area contributed by atoms with Crippen molar-refractivity contribution in [2.24, 2.45) is 11.7 Å². The first-order valence-corrected chi connectivity index (χ1v) is 4.77. The molecule has 0 aromatic carbocycles. The predicted octanol–water partition coefficient (Wildman–Crippen LogP) is 1.28. The molecule has 0 saturated heterocycles. The molecule has 66 valence electrons. The fourth-order valence-electron chi connectivity index (χ4n) is 1.95. The van der Waals surface area contributed by atoms with Crippen molar-refractivity contribution in [3.8, 4) is 0 Å². The number of hydrogen-bond acceptors (Lipinski definition) is 1. The Hall–Kier alpha value is -0.495. The van der Waals surface area contributed by atoms with Gasteiger partial charge >= 0.3 is 0 Å². The molecule has 0 saturated carbocycles. The van der Waals surface area contributed by atoms with Gasteiger partial charge in [0.15, 0.2) is 0 Å². The third-order valence-corrected chi connectivity index (χ3v) is 2.80. The van der Waals surface area contributed by atoms with Crippen LogP contribution in [0.5, 0.6) is 0 Å². The van der Waals surface area contributed by atoms with Gasteiger partial charge in [-0.25, -0.2) is 0 Å². The molecule has 1 nitrogen and oxygen atoms in total. The van der Waals surface area contributed by atoms with Gasteiger partial charge in [0.25, 0.3) is 0 Å². The summed E-state index contributed by atoms with van der Waals surface area (Å²) in [6, 6.07) is 0.366. The SMILES string of the molecule is BC(CC=C)C1CC=CCC1N. The zero-order valence-corrected chi connectivity index (χ0v) is 7.87. The third-order valence-electron chi connectivity index (χ3n) is 2.80. The first-order valence-electron chi connectivity index (χ1n) is 4.77. The Morgan fingerprint density at radius 1 is 1.58 bits per heavy atom. The molecule has 1 aliphatic rings. The first kappa shape index (κ1) is 9.59. The van der Waals surface area contributed by atoms with E-state index in [0.717, 1.165) is 19.3 Å². The van der Waals surface area contributed by atoms with E-state index in [0.29, 0.717) is 17.8 Å². The number of nitrogens with two attached hydrogens (primary N) is 1. The van der Waals surface area contributed by atoms with Crippen molar-refractivity contribution < 1.29 is 0 Å². The highest BCUT2D eigenvalue weighted by Gasteiger charge is 2.23. The second-order valence-electron chi connectivity index (χ2n) is 3.77. The van der Waals surface area contributed by atoms with Crippen LogP contribution in [0.4, 0.5) is 0 Å².